The first-order chi connectivity index (χ1) is 12.8. The van der Waals surface area contributed by atoms with Crippen LogP contribution in [0.1, 0.15) is 47.1 Å². The van der Waals surface area contributed by atoms with Crippen LogP contribution in [-0.4, -0.2) is 31.9 Å². The van der Waals surface area contributed by atoms with E-state index in [1.165, 1.54) is 7.11 Å². The lowest BCUT2D eigenvalue weighted by atomic mass is 9.86. The number of carbonyl (C=O) groups is 2. The molecule has 0 radical (unpaired) electrons. The molecule has 0 heterocycles. The number of hydrogen-bond donors (Lipinski definition) is 0. The summed E-state index contributed by atoms with van der Waals surface area (Å²) in [5.74, 6) is 0.0969. The molecule has 0 aliphatic rings. The largest absolute Gasteiger partial charge is 0.497 e. The zero-order chi connectivity index (χ0) is 20.0. The van der Waals surface area contributed by atoms with Gasteiger partial charge < -0.3 is 14.3 Å². The minimum atomic E-state index is -0.601. The van der Waals surface area contributed by atoms with Crippen molar-refractivity contribution in [2.24, 2.45) is 10.6 Å². The molecule has 0 saturated heterocycles. The number of Topliss-reactive ketones (excluding diaryl/α,β-unsaturated/α-hetero) is 1. The summed E-state index contributed by atoms with van der Waals surface area (Å²) in [6, 6.07) is 13.2. The fraction of sp³-hybridized carbons (Fsp3) is 0.286. The van der Waals surface area contributed by atoms with Gasteiger partial charge in [0.2, 0.25) is 0 Å². The Morgan fingerprint density at radius 3 is 1.81 bits per heavy atom. The highest BCUT2D eigenvalue weighted by molar-refractivity contribution is 6.05. The Kier molecular flexibility index (Phi) is 6.34. The van der Waals surface area contributed by atoms with Crippen LogP contribution in [0.15, 0.2) is 53.7 Å². The van der Waals surface area contributed by atoms with E-state index in [0.717, 1.165) is 0 Å². The van der Waals surface area contributed by atoms with Crippen LogP contribution < -0.4 is 4.74 Å². The molecule has 0 aromatic heterocycles. The number of ether oxygens (including phenoxy) is 2. The Bertz CT molecular complexity index is 830. The van der Waals surface area contributed by atoms with Gasteiger partial charge in [0.25, 0.3) is 5.90 Å². The fourth-order valence-electron chi connectivity index (χ4n) is 2.28. The molecule has 0 bridgehead atoms. The van der Waals surface area contributed by atoms with E-state index in [-0.39, 0.29) is 11.7 Å². The first-order valence-corrected chi connectivity index (χ1v) is 8.39. The second kappa shape index (κ2) is 8.49. The monoisotopic (exact) mass is 369 g/mol. The summed E-state index contributed by atoms with van der Waals surface area (Å²) < 4.78 is 10.5. The molecule has 27 heavy (non-hydrogen) atoms. The van der Waals surface area contributed by atoms with Crippen molar-refractivity contribution in [3.63, 3.8) is 0 Å². The first kappa shape index (κ1) is 20.2. The van der Waals surface area contributed by atoms with Gasteiger partial charge in [-0.1, -0.05) is 32.9 Å². The highest BCUT2D eigenvalue weighted by Gasteiger charge is 2.23. The fourth-order valence-corrected chi connectivity index (χ4v) is 2.28. The molecule has 0 unspecified atom stereocenters. The minimum Gasteiger partial charge on any atom is -0.497 e. The molecule has 142 valence electrons. The van der Waals surface area contributed by atoms with Crippen molar-refractivity contribution in [1.82, 2.24) is 0 Å². The molecule has 0 spiro atoms. The molecule has 0 amide bonds. The Morgan fingerprint density at radius 1 is 0.815 bits per heavy atom. The van der Waals surface area contributed by atoms with Crippen molar-refractivity contribution in [3.05, 3.63) is 65.2 Å². The van der Waals surface area contributed by atoms with Crippen molar-refractivity contribution in [1.29, 1.82) is 0 Å². The molecular weight excluding hydrogens is 346 g/mol. The van der Waals surface area contributed by atoms with Crippen LogP contribution >= 0.6 is 0 Å². The highest BCUT2D eigenvalue weighted by atomic mass is 16.6. The van der Waals surface area contributed by atoms with E-state index >= 15 is 0 Å². The van der Waals surface area contributed by atoms with Gasteiger partial charge >= 0.3 is 5.97 Å². The molecule has 2 rings (SSSR count). The Morgan fingerprint density at radius 2 is 1.33 bits per heavy atom. The van der Waals surface area contributed by atoms with Crippen LogP contribution in [0.25, 0.3) is 0 Å². The van der Waals surface area contributed by atoms with E-state index in [2.05, 4.69) is 5.16 Å². The van der Waals surface area contributed by atoms with Crippen LogP contribution in [0.3, 0.4) is 0 Å². The first-order valence-electron chi connectivity index (χ1n) is 8.39. The number of hydrogen-bond acceptors (Lipinski definition) is 6. The number of benzene rings is 2. The Hall–Kier alpha value is -3.15. The molecule has 6 heteroatoms. The molecule has 0 aliphatic heterocycles. The average Bonchev–Trinajstić information content (AvgIpc) is 2.66. The lowest BCUT2D eigenvalue weighted by Crippen LogP contribution is -2.20. The van der Waals surface area contributed by atoms with Gasteiger partial charge in [0.1, 0.15) is 12.9 Å². The SMILES string of the molecule is CON=C(OC(=O)c1ccc(C(=O)C(C)(C)C)cc1)c1ccc(OC)cc1. The second-order valence-electron chi connectivity index (χ2n) is 6.85. The second-order valence-corrected chi connectivity index (χ2v) is 6.85. The number of rotatable bonds is 5. The van der Waals surface area contributed by atoms with Crippen LogP contribution in [0.2, 0.25) is 0 Å². The Labute approximate surface area is 158 Å². The molecule has 6 nitrogen and oxygen atoms in total. The van der Waals surface area contributed by atoms with Gasteiger partial charge in [-0.15, -0.1) is 0 Å². The number of esters is 1. The molecule has 0 fully saturated rings. The number of carbonyl (C=O) groups excluding carboxylic acids is 2. The maximum atomic E-state index is 12.4. The normalized spacial score (nSPS) is 11.7. The summed E-state index contributed by atoms with van der Waals surface area (Å²) in [5, 5.41) is 3.77. The third kappa shape index (κ3) is 5.17. The van der Waals surface area contributed by atoms with Crippen LogP contribution in [0, 0.1) is 5.41 Å². The highest BCUT2D eigenvalue weighted by Crippen LogP contribution is 2.21. The van der Waals surface area contributed by atoms with Crippen LogP contribution in [0.4, 0.5) is 0 Å². The molecule has 0 aliphatic carbocycles. The molecule has 2 aromatic rings. The quantitative estimate of drug-likeness (QED) is 0.261. The molecular formula is C21H23NO5. The van der Waals surface area contributed by atoms with Gasteiger partial charge in [-0.2, -0.15) is 0 Å². The van der Waals surface area contributed by atoms with Crippen molar-refractivity contribution in [2.75, 3.05) is 14.2 Å². The maximum absolute atomic E-state index is 12.4. The predicted octanol–water partition coefficient (Wildman–Crippen LogP) is 4.09. The van der Waals surface area contributed by atoms with Gasteiger partial charge in [0.05, 0.1) is 12.7 Å². The zero-order valence-corrected chi connectivity index (χ0v) is 16.1. The van der Waals surface area contributed by atoms with E-state index in [9.17, 15) is 9.59 Å². The van der Waals surface area contributed by atoms with Gasteiger partial charge in [-0.3, -0.25) is 4.79 Å². The lowest BCUT2D eigenvalue weighted by Gasteiger charge is -2.16. The molecule has 0 atom stereocenters. The van der Waals surface area contributed by atoms with E-state index in [1.807, 2.05) is 20.8 Å². The average molecular weight is 369 g/mol. The summed E-state index contributed by atoms with van der Waals surface area (Å²) in [4.78, 5) is 29.5. The van der Waals surface area contributed by atoms with Crippen LogP contribution in [0.5, 0.6) is 5.75 Å². The topological polar surface area (TPSA) is 74.2 Å². The van der Waals surface area contributed by atoms with E-state index in [1.54, 1.807) is 55.6 Å². The lowest BCUT2D eigenvalue weighted by molar-refractivity contribution is 0.0702. The number of nitrogens with zero attached hydrogens (tertiary/aromatic N) is 1. The third-order valence-corrected chi connectivity index (χ3v) is 3.76. The van der Waals surface area contributed by atoms with E-state index < -0.39 is 11.4 Å². The van der Waals surface area contributed by atoms with E-state index in [4.69, 9.17) is 14.3 Å². The van der Waals surface area contributed by atoms with Gasteiger partial charge in [-0.25, -0.2) is 4.79 Å². The van der Waals surface area contributed by atoms with Crippen molar-refractivity contribution in [3.8, 4) is 5.75 Å². The van der Waals surface area contributed by atoms with Crippen molar-refractivity contribution < 1.29 is 23.9 Å². The zero-order valence-electron chi connectivity index (χ0n) is 16.1. The van der Waals surface area contributed by atoms with Gasteiger partial charge in [0, 0.05) is 16.5 Å². The van der Waals surface area contributed by atoms with Crippen LogP contribution in [-0.2, 0) is 9.57 Å². The minimum absolute atomic E-state index is 0.00212. The van der Waals surface area contributed by atoms with Crippen molar-refractivity contribution in [2.45, 2.75) is 20.8 Å². The maximum Gasteiger partial charge on any atom is 0.344 e. The van der Waals surface area contributed by atoms with Gasteiger partial charge in [0.15, 0.2) is 5.78 Å². The van der Waals surface area contributed by atoms with E-state index in [0.29, 0.717) is 22.4 Å². The van der Waals surface area contributed by atoms with Crippen molar-refractivity contribution >= 4 is 17.7 Å². The number of oxime groups is 1. The summed E-state index contributed by atoms with van der Waals surface area (Å²) in [6.45, 7) is 5.54. The molecule has 0 saturated carbocycles. The third-order valence-electron chi connectivity index (χ3n) is 3.76. The molecule has 2 aromatic carbocycles. The summed E-state index contributed by atoms with van der Waals surface area (Å²) in [6.07, 6.45) is 0. The number of methoxy groups -OCH3 is 1. The predicted molar refractivity (Wildman–Crippen MR) is 102 cm³/mol. The van der Waals surface area contributed by atoms with Gasteiger partial charge in [-0.05, 0) is 41.6 Å². The number of ketones is 1. The molecule has 0 N–H and O–H groups in total. The summed E-state index contributed by atoms with van der Waals surface area (Å²) in [7, 11) is 2.93. The summed E-state index contributed by atoms with van der Waals surface area (Å²) in [5.41, 5.74) is 0.914. The Balaban J connectivity index is 2.18. The standard InChI is InChI=1S/C21H23NO5/c1-21(2,3)18(23)14-6-8-16(9-7-14)20(24)27-19(22-26-5)15-10-12-17(25-4)13-11-15/h6-13H,1-5H3. The smallest absolute Gasteiger partial charge is 0.344 e. The summed E-state index contributed by atoms with van der Waals surface area (Å²) >= 11 is 0.